The summed E-state index contributed by atoms with van der Waals surface area (Å²) < 4.78 is 4.93. The maximum absolute atomic E-state index is 11.7. The fourth-order valence-electron chi connectivity index (χ4n) is 2.48. The summed E-state index contributed by atoms with van der Waals surface area (Å²) in [6, 6.07) is -0.373. The van der Waals surface area contributed by atoms with Crippen LogP contribution in [0.1, 0.15) is 26.2 Å². The van der Waals surface area contributed by atoms with Crippen LogP contribution in [0, 0.1) is 10.1 Å². The fraction of sp³-hybridized carbons (Fsp3) is 0.583. The molecule has 0 bridgehead atoms. The molecule has 0 N–H and O–H groups in total. The average Bonchev–Trinajstić information content (AvgIpc) is 2.46. The summed E-state index contributed by atoms with van der Waals surface area (Å²) in [6.07, 6.45) is 3.69. The van der Waals surface area contributed by atoms with Gasteiger partial charge in [-0.1, -0.05) is 0 Å². The summed E-state index contributed by atoms with van der Waals surface area (Å²) in [5.74, 6) is 0.0474. The van der Waals surface area contributed by atoms with Gasteiger partial charge < -0.3 is 9.64 Å². The number of carbonyl (C=O) groups excluding carboxylic acids is 1. The van der Waals surface area contributed by atoms with Crippen molar-refractivity contribution in [1.29, 1.82) is 0 Å². The molecule has 1 aromatic heterocycles. The summed E-state index contributed by atoms with van der Waals surface area (Å²) >= 11 is 0. The molecule has 2 heterocycles. The van der Waals surface area contributed by atoms with Gasteiger partial charge in [0.05, 0.1) is 18.1 Å². The van der Waals surface area contributed by atoms with Crippen LogP contribution in [0.5, 0.6) is 5.88 Å². The van der Waals surface area contributed by atoms with Crippen LogP contribution in [-0.2, 0) is 4.79 Å². The zero-order valence-corrected chi connectivity index (χ0v) is 11.4. The molecule has 0 radical (unpaired) electrons. The van der Waals surface area contributed by atoms with Crippen molar-refractivity contribution >= 4 is 17.3 Å². The van der Waals surface area contributed by atoms with Gasteiger partial charge in [-0.25, -0.2) is 4.98 Å². The van der Waals surface area contributed by atoms with Crippen LogP contribution in [-0.4, -0.2) is 40.4 Å². The van der Waals surface area contributed by atoms with Crippen LogP contribution >= 0.6 is 0 Å². The molecule has 1 aromatic rings. The lowest BCUT2D eigenvalue weighted by Crippen LogP contribution is -2.44. The summed E-state index contributed by atoms with van der Waals surface area (Å²) in [5, 5.41) is 11.3. The van der Waals surface area contributed by atoms with Crippen molar-refractivity contribution in [2.24, 2.45) is 0 Å². The Labute approximate surface area is 115 Å². The zero-order chi connectivity index (χ0) is 14.7. The number of rotatable bonds is 4. The van der Waals surface area contributed by atoms with E-state index in [1.54, 1.807) is 4.90 Å². The molecule has 1 unspecified atom stereocenters. The highest BCUT2D eigenvalue weighted by molar-refractivity contribution is 5.86. The van der Waals surface area contributed by atoms with Gasteiger partial charge in [0.2, 0.25) is 5.82 Å². The third-order valence-corrected chi connectivity index (χ3v) is 3.39. The number of ether oxygens (including phenoxy) is 1. The Balaban J connectivity index is 2.50. The molecule has 8 heteroatoms. The Kier molecular flexibility index (Phi) is 4.11. The molecule has 108 valence electrons. The summed E-state index contributed by atoms with van der Waals surface area (Å²) in [5.41, 5.74) is -0.289. The second-order valence-corrected chi connectivity index (χ2v) is 4.63. The monoisotopic (exact) mass is 280 g/mol. The Morgan fingerprint density at radius 3 is 2.85 bits per heavy atom. The second-order valence-electron chi connectivity index (χ2n) is 4.63. The van der Waals surface area contributed by atoms with Crippen molar-refractivity contribution in [2.45, 2.75) is 32.2 Å². The van der Waals surface area contributed by atoms with Crippen LogP contribution in [0.15, 0.2) is 6.33 Å². The van der Waals surface area contributed by atoms with Gasteiger partial charge in [-0.2, -0.15) is 4.98 Å². The van der Waals surface area contributed by atoms with Gasteiger partial charge in [0, 0.05) is 6.54 Å². The number of nitrogens with zero attached hydrogens (tertiary/aromatic N) is 4. The van der Waals surface area contributed by atoms with Crippen molar-refractivity contribution in [3.05, 3.63) is 16.4 Å². The minimum Gasteiger partial charge on any atom is -0.476 e. The van der Waals surface area contributed by atoms with Crippen molar-refractivity contribution < 1.29 is 14.5 Å². The number of aromatic nitrogens is 2. The van der Waals surface area contributed by atoms with Gasteiger partial charge in [0.1, 0.15) is 6.33 Å². The maximum atomic E-state index is 11.7. The second kappa shape index (κ2) is 5.81. The van der Waals surface area contributed by atoms with E-state index in [1.165, 1.54) is 20.4 Å². The number of anilines is 1. The third kappa shape index (κ3) is 2.54. The molecule has 0 saturated carbocycles. The van der Waals surface area contributed by atoms with Gasteiger partial charge >= 0.3 is 5.69 Å². The first-order valence-corrected chi connectivity index (χ1v) is 6.36. The molecule has 1 fully saturated rings. The normalized spacial score (nSPS) is 18.7. The van der Waals surface area contributed by atoms with Gasteiger partial charge in [0.25, 0.3) is 5.88 Å². The van der Waals surface area contributed by atoms with Crippen LogP contribution in [0.25, 0.3) is 0 Å². The number of hydrogen-bond acceptors (Lipinski definition) is 7. The van der Waals surface area contributed by atoms with Crippen LogP contribution in [0.3, 0.4) is 0 Å². The van der Waals surface area contributed by atoms with E-state index >= 15 is 0 Å². The topological polar surface area (TPSA) is 98.5 Å². The molecule has 0 amide bonds. The van der Waals surface area contributed by atoms with Crippen molar-refractivity contribution in [2.75, 3.05) is 18.6 Å². The smallest absolute Gasteiger partial charge is 0.372 e. The molecule has 1 atom stereocenters. The van der Waals surface area contributed by atoms with Crippen LogP contribution in [0.4, 0.5) is 11.5 Å². The summed E-state index contributed by atoms with van der Waals surface area (Å²) in [6.45, 7) is 2.05. The molecule has 2 rings (SSSR count). The van der Waals surface area contributed by atoms with Crippen LogP contribution < -0.4 is 9.64 Å². The molecule has 0 aliphatic carbocycles. The van der Waals surface area contributed by atoms with Crippen molar-refractivity contribution in [3.63, 3.8) is 0 Å². The van der Waals surface area contributed by atoms with E-state index in [1.807, 2.05) is 0 Å². The van der Waals surface area contributed by atoms with E-state index in [9.17, 15) is 14.9 Å². The molecule has 8 nitrogen and oxygen atoms in total. The van der Waals surface area contributed by atoms with E-state index in [-0.39, 0.29) is 29.2 Å². The van der Waals surface area contributed by atoms with Gasteiger partial charge in [-0.05, 0) is 26.2 Å². The van der Waals surface area contributed by atoms with Crippen molar-refractivity contribution in [1.82, 2.24) is 9.97 Å². The molecule has 20 heavy (non-hydrogen) atoms. The lowest BCUT2D eigenvalue weighted by Gasteiger charge is -2.34. The Morgan fingerprint density at radius 1 is 1.50 bits per heavy atom. The van der Waals surface area contributed by atoms with E-state index < -0.39 is 4.92 Å². The Hall–Kier alpha value is -2.25. The molecule has 1 aliphatic rings. The number of piperidine rings is 1. The minimum atomic E-state index is -0.569. The van der Waals surface area contributed by atoms with E-state index in [0.717, 1.165) is 12.8 Å². The average molecular weight is 280 g/mol. The van der Waals surface area contributed by atoms with Gasteiger partial charge in [0.15, 0.2) is 5.78 Å². The molecular formula is C12H16N4O4. The molecular weight excluding hydrogens is 264 g/mol. The first kappa shape index (κ1) is 14.2. The quantitative estimate of drug-likeness (QED) is 0.606. The van der Waals surface area contributed by atoms with E-state index in [4.69, 9.17) is 4.74 Å². The number of nitro groups is 1. The molecule has 1 saturated heterocycles. The number of methoxy groups -OCH3 is 1. The SMILES string of the molecule is COc1ncnc(N2CCCCC2C(C)=O)c1[N+](=O)[O-]. The van der Waals surface area contributed by atoms with Crippen molar-refractivity contribution in [3.8, 4) is 5.88 Å². The highest BCUT2D eigenvalue weighted by Crippen LogP contribution is 2.36. The first-order chi connectivity index (χ1) is 9.56. The predicted molar refractivity (Wildman–Crippen MR) is 70.9 cm³/mol. The highest BCUT2D eigenvalue weighted by Gasteiger charge is 2.34. The lowest BCUT2D eigenvalue weighted by atomic mass is 9.99. The number of carbonyl (C=O) groups is 1. The summed E-state index contributed by atoms with van der Waals surface area (Å²) in [7, 11) is 1.32. The lowest BCUT2D eigenvalue weighted by molar-refractivity contribution is -0.385. The van der Waals surface area contributed by atoms with E-state index in [0.29, 0.717) is 13.0 Å². The van der Waals surface area contributed by atoms with Gasteiger partial charge in [-0.3, -0.25) is 14.9 Å². The number of hydrogen-bond donors (Lipinski definition) is 0. The Bertz CT molecular complexity index is 534. The highest BCUT2D eigenvalue weighted by atomic mass is 16.6. The molecule has 0 aromatic carbocycles. The maximum Gasteiger partial charge on any atom is 0.372 e. The fourth-order valence-corrected chi connectivity index (χ4v) is 2.48. The first-order valence-electron chi connectivity index (χ1n) is 6.36. The minimum absolute atomic E-state index is 0.0171. The van der Waals surface area contributed by atoms with E-state index in [2.05, 4.69) is 9.97 Å². The number of ketones is 1. The van der Waals surface area contributed by atoms with Crippen LogP contribution in [0.2, 0.25) is 0 Å². The largest absolute Gasteiger partial charge is 0.476 e. The predicted octanol–water partition coefficient (Wildman–Crippen LogP) is 1.34. The molecule has 0 spiro atoms. The number of Topliss-reactive ketones (excluding diaryl/α,β-unsaturated/α-hetero) is 1. The Morgan fingerprint density at radius 2 is 2.25 bits per heavy atom. The molecule has 1 aliphatic heterocycles. The third-order valence-electron chi connectivity index (χ3n) is 3.39. The summed E-state index contributed by atoms with van der Waals surface area (Å²) in [4.78, 5) is 31.9. The zero-order valence-electron chi connectivity index (χ0n) is 11.4. The van der Waals surface area contributed by atoms with Gasteiger partial charge in [-0.15, -0.1) is 0 Å². The standard InChI is InChI=1S/C12H16N4O4/c1-8(17)9-5-3-4-6-15(9)11-10(16(18)19)12(20-2)14-7-13-11/h7,9H,3-6H2,1-2H3.